The first kappa shape index (κ1) is 11.0. The molecule has 16 heavy (non-hydrogen) atoms. The molecule has 2 aromatic rings. The van der Waals surface area contributed by atoms with Crippen LogP contribution in [0.4, 0.5) is 0 Å². The van der Waals surface area contributed by atoms with Gasteiger partial charge in [0.25, 0.3) is 0 Å². The average Bonchev–Trinajstić information content (AvgIpc) is 2.33. The fraction of sp³-hybridized carbons (Fsp3) is 0.143. The summed E-state index contributed by atoms with van der Waals surface area (Å²) in [7, 11) is 1.67. The number of ether oxygens (including phenoxy) is 1. The van der Waals surface area contributed by atoms with E-state index in [4.69, 9.17) is 16.3 Å². The fourth-order valence-corrected chi connectivity index (χ4v) is 1.81. The molecule has 0 N–H and O–H groups in total. The Morgan fingerprint density at radius 3 is 2.31 bits per heavy atom. The Morgan fingerprint density at radius 1 is 1.00 bits per heavy atom. The number of halogens is 1. The van der Waals surface area contributed by atoms with E-state index in [1.165, 1.54) is 5.56 Å². The Kier molecular flexibility index (Phi) is 3.47. The standard InChI is InChI=1S/C14H13ClO/c1-16-13-8-6-11(7-9-13)10-12-4-2-3-5-14(12)15/h2-9H,10H2,1H3. The zero-order valence-electron chi connectivity index (χ0n) is 9.11. The van der Waals surface area contributed by atoms with Crippen LogP contribution in [-0.2, 0) is 6.42 Å². The smallest absolute Gasteiger partial charge is 0.118 e. The zero-order chi connectivity index (χ0) is 11.4. The second-order valence-corrected chi connectivity index (χ2v) is 4.02. The van der Waals surface area contributed by atoms with Crippen LogP contribution in [0.3, 0.4) is 0 Å². The molecule has 2 heteroatoms. The topological polar surface area (TPSA) is 9.23 Å². The van der Waals surface area contributed by atoms with Crippen LogP contribution in [0.5, 0.6) is 5.75 Å². The molecule has 2 rings (SSSR count). The van der Waals surface area contributed by atoms with E-state index in [2.05, 4.69) is 12.1 Å². The molecular weight excluding hydrogens is 220 g/mol. The molecule has 0 radical (unpaired) electrons. The summed E-state index contributed by atoms with van der Waals surface area (Å²) < 4.78 is 5.12. The van der Waals surface area contributed by atoms with Gasteiger partial charge in [-0.05, 0) is 35.7 Å². The maximum atomic E-state index is 6.11. The van der Waals surface area contributed by atoms with Crippen molar-refractivity contribution in [2.45, 2.75) is 6.42 Å². The molecule has 0 aliphatic rings. The first-order valence-electron chi connectivity index (χ1n) is 5.16. The van der Waals surface area contributed by atoms with Gasteiger partial charge in [-0.2, -0.15) is 0 Å². The van der Waals surface area contributed by atoms with Crippen LogP contribution in [0.15, 0.2) is 48.5 Å². The van der Waals surface area contributed by atoms with Gasteiger partial charge in [0.15, 0.2) is 0 Å². The van der Waals surface area contributed by atoms with Crippen molar-refractivity contribution >= 4 is 11.6 Å². The van der Waals surface area contributed by atoms with Crippen molar-refractivity contribution in [2.24, 2.45) is 0 Å². The second-order valence-electron chi connectivity index (χ2n) is 3.62. The maximum absolute atomic E-state index is 6.11. The normalized spacial score (nSPS) is 10.1. The zero-order valence-corrected chi connectivity index (χ0v) is 9.87. The summed E-state index contributed by atoms with van der Waals surface area (Å²) in [4.78, 5) is 0. The Morgan fingerprint density at radius 2 is 1.69 bits per heavy atom. The lowest BCUT2D eigenvalue weighted by molar-refractivity contribution is 0.414. The van der Waals surface area contributed by atoms with Gasteiger partial charge in [0.2, 0.25) is 0 Å². The van der Waals surface area contributed by atoms with E-state index in [0.717, 1.165) is 22.8 Å². The minimum absolute atomic E-state index is 0.818. The van der Waals surface area contributed by atoms with Gasteiger partial charge in [-0.15, -0.1) is 0 Å². The molecule has 0 spiro atoms. The largest absolute Gasteiger partial charge is 0.497 e. The van der Waals surface area contributed by atoms with E-state index in [1.54, 1.807) is 7.11 Å². The number of rotatable bonds is 3. The van der Waals surface area contributed by atoms with E-state index in [0.29, 0.717) is 0 Å². The molecule has 0 aliphatic carbocycles. The summed E-state index contributed by atoms with van der Waals surface area (Å²) in [5.74, 6) is 0.878. The van der Waals surface area contributed by atoms with Crippen LogP contribution in [0, 0.1) is 0 Å². The summed E-state index contributed by atoms with van der Waals surface area (Å²) >= 11 is 6.11. The van der Waals surface area contributed by atoms with Gasteiger partial charge in [-0.1, -0.05) is 41.9 Å². The van der Waals surface area contributed by atoms with Crippen molar-refractivity contribution in [3.63, 3.8) is 0 Å². The Balaban J connectivity index is 2.18. The maximum Gasteiger partial charge on any atom is 0.118 e. The van der Waals surface area contributed by atoms with Crippen molar-refractivity contribution in [1.29, 1.82) is 0 Å². The molecule has 2 aromatic carbocycles. The van der Waals surface area contributed by atoms with Crippen LogP contribution in [0.1, 0.15) is 11.1 Å². The molecule has 0 fully saturated rings. The van der Waals surface area contributed by atoms with E-state index in [1.807, 2.05) is 36.4 Å². The average molecular weight is 233 g/mol. The number of methoxy groups -OCH3 is 1. The molecule has 0 aromatic heterocycles. The van der Waals surface area contributed by atoms with Crippen molar-refractivity contribution in [3.8, 4) is 5.75 Å². The van der Waals surface area contributed by atoms with Crippen molar-refractivity contribution < 1.29 is 4.74 Å². The lowest BCUT2D eigenvalue weighted by Gasteiger charge is -2.05. The van der Waals surface area contributed by atoms with E-state index in [9.17, 15) is 0 Å². The molecule has 0 atom stereocenters. The monoisotopic (exact) mass is 232 g/mol. The fourth-order valence-electron chi connectivity index (χ4n) is 1.61. The molecule has 0 heterocycles. The van der Waals surface area contributed by atoms with E-state index < -0.39 is 0 Å². The summed E-state index contributed by atoms with van der Waals surface area (Å²) in [6, 6.07) is 16.0. The second kappa shape index (κ2) is 5.04. The van der Waals surface area contributed by atoms with Crippen LogP contribution >= 0.6 is 11.6 Å². The third-order valence-electron chi connectivity index (χ3n) is 2.51. The number of hydrogen-bond acceptors (Lipinski definition) is 1. The summed E-state index contributed by atoms with van der Waals surface area (Å²) in [6.45, 7) is 0. The van der Waals surface area contributed by atoms with Crippen molar-refractivity contribution in [3.05, 3.63) is 64.7 Å². The van der Waals surface area contributed by atoms with Crippen molar-refractivity contribution in [2.75, 3.05) is 7.11 Å². The molecular formula is C14H13ClO. The van der Waals surface area contributed by atoms with Crippen LogP contribution in [0.25, 0.3) is 0 Å². The highest BCUT2D eigenvalue weighted by molar-refractivity contribution is 6.31. The van der Waals surface area contributed by atoms with Crippen molar-refractivity contribution in [1.82, 2.24) is 0 Å². The lowest BCUT2D eigenvalue weighted by atomic mass is 10.1. The SMILES string of the molecule is COc1ccc(Cc2ccccc2Cl)cc1. The summed E-state index contributed by atoms with van der Waals surface area (Å²) in [5.41, 5.74) is 2.38. The Bertz CT molecular complexity index is 462. The van der Waals surface area contributed by atoms with Crippen LogP contribution < -0.4 is 4.74 Å². The predicted octanol–water partition coefficient (Wildman–Crippen LogP) is 3.94. The summed E-state index contributed by atoms with van der Waals surface area (Å²) in [5, 5.41) is 0.818. The first-order valence-corrected chi connectivity index (χ1v) is 5.54. The van der Waals surface area contributed by atoms with Gasteiger partial charge in [0.1, 0.15) is 5.75 Å². The highest BCUT2D eigenvalue weighted by Gasteiger charge is 2.00. The molecule has 1 nitrogen and oxygen atoms in total. The molecule has 0 aliphatic heterocycles. The quantitative estimate of drug-likeness (QED) is 0.779. The molecule has 0 saturated carbocycles. The first-order chi connectivity index (χ1) is 7.79. The summed E-state index contributed by atoms with van der Waals surface area (Å²) in [6.07, 6.45) is 0.851. The minimum Gasteiger partial charge on any atom is -0.497 e. The minimum atomic E-state index is 0.818. The highest BCUT2D eigenvalue weighted by Crippen LogP contribution is 2.20. The van der Waals surface area contributed by atoms with Gasteiger partial charge in [0, 0.05) is 5.02 Å². The lowest BCUT2D eigenvalue weighted by Crippen LogP contribution is -1.89. The van der Waals surface area contributed by atoms with Gasteiger partial charge in [0.05, 0.1) is 7.11 Å². The molecule has 0 saturated heterocycles. The van der Waals surface area contributed by atoms with Gasteiger partial charge >= 0.3 is 0 Å². The third kappa shape index (κ3) is 2.56. The number of hydrogen-bond donors (Lipinski definition) is 0. The Hall–Kier alpha value is -1.47. The van der Waals surface area contributed by atoms with Gasteiger partial charge < -0.3 is 4.74 Å². The molecule has 0 unspecified atom stereocenters. The van der Waals surface area contributed by atoms with E-state index >= 15 is 0 Å². The van der Waals surface area contributed by atoms with Crippen LogP contribution in [-0.4, -0.2) is 7.11 Å². The highest BCUT2D eigenvalue weighted by atomic mass is 35.5. The van der Waals surface area contributed by atoms with Gasteiger partial charge in [-0.3, -0.25) is 0 Å². The Labute approximate surface area is 101 Å². The van der Waals surface area contributed by atoms with E-state index in [-0.39, 0.29) is 0 Å². The predicted molar refractivity (Wildman–Crippen MR) is 67.3 cm³/mol. The number of benzene rings is 2. The van der Waals surface area contributed by atoms with Gasteiger partial charge in [-0.25, -0.2) is 0 Å². The molecule has 82 valence electrons. The van der Waals surface area contributed by atoms with Crippen LogP contribution in [0.2, 0.25) is 5.02 Å². The molecule has 0 bridgehead atoms. The third-order valence-corrected chi connectivity index (χ3v) is 2.88. The molecule has 0 amide bonds.